The van der Waals surface area contributed by atoms with Crippen LogP contribution in [-0.4, -0.2) is 39.8 Å². The quantitative estimate of drug-likeness (QED) is 0.386. The van der Waals surface area contributed by atoms with E-state index in [2.05, 4.69) is 22.3 Å². The number of aryl methyl sites for hydroxylation is 2. The molecule has 0 spiro atoms. The lowest BCUT2D eigenvalue weighted by molar-refractivity contribution is -0.144. The summed E-state index contributed by atoms with van der Waals surface area (Å²) in [5.74, 6) is -0.916. The monoisotopic (exact) mass is 442 g/mol. The van der Waals surface area contributed by atoms with E-state index in [1.165, 1.54) is 13.2 Å². The number of halogens is 1. The molecular weight excluding hydrogens is 416 g/mol. The predicted molar refractivity (Wildman–Crippen MR) is 122 cm³/mol. The van der Waals surface area contributed by atoms with Crippen LogP contribution in [-0.2, 0) is 27.3 Å². The number of rotatable bonds is 9. The molecular formula is C23H27ClN4O3. The molecule has 31 heavy (non-hydrogen) atoms. The van der Waals surface area contributed by atoms with Gasteiger partial charge < -0.3 is 15.0 Å². The van der Waals surface area contributed by atoms with Crippen LogP contribution < -0.4 is 5.32 Å². The van der Waals surface area contributed by atoms with E-state index in [4.69, 9.17) is 16.3 Å². The van der Waals surface area contributed by atoms with Crippen molar-refractivity contribution in [2.24, 2.45) is 0 Å². The first-order chi connectivity index (χ1) is 14.9. The SMILES string of the molecule is CCCCn1nc(C)c(/C=C/C(=O)NC(Cc2c[nH]c3ccccc23)C(=O)OC)c1Cl. The highest BCUT2D eigenvalue weighted by Crippen LogP contribution is 2.22. The second kappa shape index (κ2) is 10.3. The van der Waals surface area contributed by atoms with Gasteiger partial charge in [-0.1, -0.05) is 43.1 Å². The Morgan fingerprint density at radius 1 is 1.35 bits per heavy atom. The molecule has 1 aromatic carbocycles. The van der Waals surface area contributed by atoms with Crippen LogP contribution in [0.15, 0.2) is 36.5 Å². The van der Waals surface area contributed by atoms with E-state index in [0.717, 1.165) is 41.5 Å². The minimum Gasteiger partial charge on any atom is -0.467 e. The lowest BCUT2D eigenvalue weighted by atomic mass is 10.0. The number of aromatic nitrogens is 3. The summed E-state index contributed by atoms with van der Waals surface area (Å²) in [5, 5.41) is 8.67. The van der Waals surface area contributed by atoms with Gasteiger partial charge in [-0.15, -0.1) is 0 Å². The Morgan fingerprint density at radius 3 is 2.87 bits per heavy atom. The second-order valence-electron chi connectivity index (χ2n) is 7.35. The molecule has 0 saturated carbocycles. The molecule has 3 aromatic rings. The van der Waals surface area contributed by atoms with Gasteiger partial charge in [0.25, 0.3) is 0 Å². The van der Waals surface area contributed by atoms with Crippen LogP contribution in [0.5, 0.6) is 0 Å². The Hall–Kier alpha value is -3.06. The van der Waals surface area contributed by atoms with Gasteiger partial charge in [0.1, 0.15) is 11.2 Å². The molecule has 1 unspecified atom stereocenters. The molecule has 7 nitrogen and oxygen atoms in total. The van der Waals surface area contributed by atoms with Crippen LogP contribution >= 0.6 is 11.6 Å². The molecule has 2 heterocycles. The Morgan fingerprint density at radius 2 is 2.13 bits per heavy atom. The maximum Gasteiger partial charge on any atom is 0.328 e. The number of nitrogens with zero attached hydrogens (tertiary/aromatic N) is 2. The lowest BCUT2D eigenvalue weighted by Gasteiger charge is -2.15. The number of amides is 1. The van der Waals surface area contributed by atoms with E-state index in [1.807, 2.05) is 37.4 Å². The van der Waals surface area contributed by atoms with Gasteiger partial charge in [0.2, 0.25) is 5.91 Å². The molecule has 0 fully saturated rings. The van der Waals surface area contributed by atoms with Crippen LogP contribution in [0.1, 0.15) is 36.6 Å². The fourth-order valence-electron chi connectivity index (χ4n) is 3.45. The molecule has 8 heteroatoms. The van der Waals surface area contributed by atoms with Crippen molar-refractivity contribution in [1.82, 2.24) is 20.1 Å². The van der Waals surface area contributed by atoms with Crippen molar-refractivity contribution >= 4 is 40.5 Å². The van der Waals surface area contributed by atoms with Gasteiger partial charge in [-0.05, 0) is 31.1 Å². The topological polar surface area (TPSA) is 89.0 Å². The van der Waals surface area contributed by atoms with Gasteiger partial charge in [0.15, 0.2) is 0 Å². The highest BCUT2D eigenvalue weighted by Gasteiger charge is 2.22. The fraction of sp³-hybridized carbons (Fsp3) is 0.348. The highest BCUT2D eigenvalue weighted by molar-refractivity contribution is 6.31. The van der Waals surface area contributed by atoms with E-state index in [1.54, 1.807) is 10.8 Å². The summed E-state index contributed by atoms with van der Waals surface area (Å²) in [4.78, 5) is 28.0. The molecule has 1 amide bonds. The minimum atomic E-state index is -0.815. The summed E-state index contributed by atoms with van der Waals surface area (Å²) in [6, 6.07) is 6.98. The highest BCUT2D eigenvalue weighted by atomic mass is 35.5. The number of methoxy groups -OCH3 is 1. The van der Waals surface area contributed by atoms with Gasteiger partial charge in [0.05, 0.1) is 12.8 Å². The Bertz CT molecular complexity index is 1100. The number of hydrogen-bond donors (Lipinski definition) is 2. The molecule has 0 bridgehead atoms. The number of H-pyrrole nitrogens is 1. The third-order valence-corrected chi connectivity index (χ3v) is 5.53. The standard InChI is InChI=1S/C23H27ClN4O3/c1-4-5-12-28-22(24)17(15(2)27-28)10-11-21(29)26-20(23(30)31-3)13-16-14-25-19-9-7-6-8-18(16)19/h6-11,14,20,25H,4-5,12-13H2,1-3H3,(H,26,29)/b11-10+. The summed E-state index contributed by atoms with van der Waals surface area (Å²) in [6.45, 7) is 4.68. The van der Waals surface area contributed by atoms with Crippen molar-refractivity contribution in [2.75, 3.05) is 7.11 Å². The van der Waals surface area contributed by atoms with Crippen molar-refractivity contribution in [1.29, 1.82) is 0 Å². The normalized spacial score (nSPS) is 12.4. The molecule has 2 N–H and O–H groups in total. The van der Waals surface area contributed by atoms with Crippen molar-refractivity contribution in [2.45, 2.75) is 45.7 Å². The van der Waals surface area contributed by atoms with Crippen LogP contribution in [0.4, 0.5) is 0 Å². The first-order valence-electron chi connectivity index (χ1n) is 10.3. The van der Waals surface area contributed by atoms with Crippen LogP contribution in [0.3, 0.4) is 0 Å². The van der Waals surface area contributed by atoms with Crippen LogP contribution in [0.25, 0.3) is 17.0 Å². The average Bonchev–Trinajstić information content (AvgIpc) is 3.30. The number of hydrogen-bond acceptors (Lipinski definition) is 4. The summed E-state index contributed by atoms with van der Waals surface area (Å²) < 4.78 is 6.64. The number of carbonyl (C=O) groups is 2. The molecule has 3 rings (SSSR count). The number of ether oxygens (including phenoxy) is 1. The number of nitrogens with one attached hydrogen (secondary N) is 2. The van der Waals surface area contributed by atoms with Crippen molar-refractivity contribution in [3.63, 3.8) is 0 Å². The maximum atomic E-state index is 12.6. The van der Waals surface area contributed by atoms with Gasteiger partial charge >= 0.3 is 5.97 Å². The molecule has 0 aliphatic heterocycles. The first kappa shape index (κ1) is 22.6. The molecule has 0 aliphatic carbocycles. The van der Waals surface area contributed by atoms with Gasteiger partial charge in [-0.25, -0.2) is 4.79 Å². The lowest BCUT2D eigenvalue weighted by Crippen LogP contribution is -2.42. The zero-order chi connectivity index (χ0) is 22.4. The van der Waals surface area contributed by atoms with Crippen molar-refractivity contribution in [3.05, 3.63) is 58.5 Å². The van der Waals surface area contributed by atoms with E-state index in [0.29, 0.717) is 17.1 Å². The zero-order valence-corrected chi connectivity index (χ0v) is 18.7. The van der Waals surface area contributed by atoms with Gasteiger partial charge in [-0.2, -0.15) is 5.10 Å². The molecule has 2 aromatic heterocycles. The van der Waals surface area contributed by atoms with E-state index < -0.39 is 17.9 Å². The summed E-state index contributed by atoms with van der Waals surface area (Å²) in [5.41, 5.74) is 3.33. The predicted octanol–water partition coefficient (Wildman–Crippen LogP) is 4.04. The Labute approximate surface area is 186 Å². The maximum absolute atomic E-state index is 12.6. The van der Waals surface area contributed by atoms with Crippen molar-refractivity contribution < 1.29 is 14.3 Å². The third kappa shape index (κ3) is 5.35. The largest absolute Gasteiger partial charge is 0.467 e. The number of aromatic amines is 1. The number of benzene rings is 1. The summed E-state index contributed by atoms with van der Waals surface area (Å²) in [7, 11) is 1.31. The second-order valence-corrected chi connectivity index (χ2v) is 7.71. The van der Waals surface area contributed by atoms with E-state index in [-0.39, 0.29) is 0 Å². The van der Waals surface area contributed by atoms with Crippen LogP contribution in [0.2, 0.25) is 5.15 Å². The molecule has 1 atom stereocenters. The van der Waals surface area contributed by atoms with Crippen LogP contribution in [0, 0.1) is 6.92 Å². The Kier molecular flexibility index (Phi) is 7.52. The van der Waals surface area contributed by atoms with E-state index in [9.17, 15) is 9.59 Å². The molecule has 0 aliphatic rings. The average molecular weight is 443 g/mol. The van der Waals surface area contributed by atoms with Gasteiger partial charge in [-0.3, -0.25) is 9.48 Å². The molecule has 164 valence electrons. The molecule has 0 radical (unpaired) electrons. The number of unbranched alkanes of at least 4 members (excludes halogenated alkanes) is 1. The Balaban J connectivity index is 1.73. The minimum absolute atomic E-state index is 0.311. The molecule has 0 saturated heterocycles. The number of esters is 1. The van der Waals surface area contributed by atoms with Crippen molar-refractivity contribution in [3.8, 4) is 0 Å². The zero-order valence-electron chi connectivity index (χ0n) is 17.9. The smallest absolute Gasteiger partial charge is 0.328 e. The van der Waals surface area contributed by atoms with Gasteiger partial charge in [0, 0.05) is 41.7 Å². The fourth-order valence-corrected chi connectivity index (χ4v) is 3.77. The first-order valence-corrected chi connectivity index (χ1v) is 10.7. The summed E-state index contributed by atoms with van der Waals surface area (Å²) in [6.07, 6.45) is 7.16. The number of fused-ring (bicyclic) bond motifs is 1. The third-order valence-electron chi connectivity index (χ3n) is 5.14. The number of carbonyl (C=O) groups excluding carboxylic acids is 2. The summed E-state index contributed by atoms with van der Waals surface area (Å²) >= 11 is 6.42. The number of para-hydroxylation sites is 1. The van der Waals surface area contributed by atoms with E-state index >= 15 is 0 Å².